The molecule has 0 aliphatic heterocycles. The first kappa shape index (κ1) is 17.8. The van der Waals surface area contributed by atoms with Crippen molar-refractivity contribution in [3.8, 4) is 22.4 Å². The molecular formula is C20H23N5O. The Morgan fingerprint density at radius 3 is 2.62 bits per heavy atom. The third-order valence-electron chi connectivity index (χ3n) is 4.14. The van der Waals surface area contributed by atoms with Crippen LogP contribution in [-0.4, -0.2) is 32.2 Å². The molecule has 0 atom stereocenters. The summed E-state index contributed by atoms with van der Waals surface area (Å²) in [4.78, 5) is 20.2. The average molecular weight is 349 g/mol. The molecule has 6 nitrogen and oxygen atoms in total. The quantitative estimate of drug-likeness (QED) is 0.711. The van der Waals surface area contributed by atoms with Gasteiger partial charge in [0, 0.05) is 48.4 Å². The lowest BCUT2D eigenvalue weighted by Gasteiger charge is -2.11. The minimum Gasteiger partial charge on any atom is -0.354 e. The molecule has 134 valence electrons. The summed E-state index contributed by atoms with van der Waals surface area (Å²) in [6, 6.07) is 7.98. The SMILES string of the molecule is CCCC(=O)NCCn1ncc(-c2ccncc2)c1-c1ccc(C)nc1. The molecule has 3 aromatic rings. The fourth-order valence-corrected chi connectivity index (χ4v) is 2.83. The van der Waals surface area contributed by atoms with Crippen LogP contribution >= 0.6 is 0 Å². The molecule has 0 spiro atoms. The maximum atomic E-state index is 11.7. The molecule has 26 heavy (non-hydrogen) atoms. The van der Waals surface area contributed by atoms with Gasteiger partial charge in [0.2, 0.25) is 5.91 Å². The number of nitrogens with one attached hydrogen (secondary N) is 1. The van der Waals surface area contributed by atoms with E-state index in [0.29, 0.717) is 19.5 Å². The fraction of sp³-hybridized carbons (Fsp3) is 0.300. The van der Waals surface area contributed by atoms with Crippen LogP contribution in [0.15, 0.2) is 49.1 Å². The second-order valence-corrected chi connectivity index (χ2v) is 6.15. The molecule has 3 heterocycles. The third kappa shape index (κ3) is 4.14. The summed E-state index contributed by atoms with van der Waals surface area (Å²) in [5, 5.41) is 7.49. The number of carbonyl (C=O) groups excluding carboxylic acids is 1. The normalized spacial score (nSPS) is 10.7. The first-order chi connectivity index (χ1) is 12.7. The van der Waals surface area contributed by atoms with Crippen molar-refractivity contribution >= 4 is 5.91 Å². The van der Waals surface area contributed by atoms with Gasteiger partial charge < -0.3 is 5.32 Å². The molecular weight excluding hydrogens is 326 g/mol. The Kier molecular flexibility index (Phi) is 5.73. The van der Waals surface area contributed by atoms with Crippen LogP contribution in [0, 0.1) is 6.92 Å². The van der Waals surface area contributed by atoms with E-state index in [9.17, 15) is 4.79 Å². The number of amides is 1. The molecule has 1 N–H and O–H groups in total. The van der Waals surface area contributed by atoms with Crippen molar-refractivity contribution < 1.29 is 4.79 Å². The molecule has 0 bridgehead atoms. The van der Waals surface area contributed by atoms with E-state index in [0.717, 1.165) is 34.5 Å². The number of aryl methyl sites for hydroxylation is 1. The van der Waals surface area contributed by atoms with E-state index in [1.807, 2.05) is 49.1 Å². The van der Waals surface area contributed by atoms with Gasteiger partial charge in [0.15, 0.2) is 0 Å². The minimum atomic E-state index is 0.0764. The van der Waals surface area contributed by atoms with Crippen LogP contribution in [0.1, 0.15) is 25.5 Å². The van der Waals surface area contributed by atoms with E-state index in [1.54, 1.807) is 12.4 Å². The van der Waals surface area contributed by atoms with E-state index in [1.165, 1.54) is 0 Å². The molecule has 1 amide bonds. The highest BCUT2D eigenvalue weighted by Gasteiger charge is 2.15. The maximum Gasteiger partial charge on any atom is 0.220 e. The van der Waals surface area contributed by atoms with Gasteiger partial charge in [-0.2, -0.15) is 5.10 Å². The first-order valence-electron chi connectivity index (χ1n) is 8.85. The van der Waals surface area contributed by atoms with Gasteiger partial charge in [0.25, 0.3) is 0 Å². The van der Waals surface area contributed by atoms with E-state index < -0.39 is 0 Å². The predicted octanol–water partition coefficient (Wildman–Crippen LogP) is 3.23. The number of pyridine rings is 2. The Morgan fingerprint density at radius 2 is 1.92 bits per heavy atom. The van der Waals surface area contributed by atoms with Crippen molar-refractivity contribution in [1.29, 1.82) is 0 Å². The van der Waals surface area contributed by atoms with Crippen LogP contribution < -0.4 is 5.32 Å². The predicted molar refractivity (Wildman–Crippen MR) is 101 cm³/mol. The molecule has 0 aliphatic rings. The highest BCUT2D eigenvalue weighted by Crippen LogP contribution is 2.31. The van der Waals surface area contributed by atoms with Crippen LogP contribution in [0.25, 0.3) is 22.4 Å². The molecule has 6 heteroatoms. The highest BCUT2D eigenvalue weighted by atomic mass is 16.1. The van der Waals surface area contributed by atoms with Crippen LogP contribution in [0.4, 0.5) is 0 Å². The van der Waals surface area contributed by atoms with Crippen LogP contribution in [-0.2, 0) is 11.3 Å². The van der Waals surface area contributed by atoms with Gasteiger partial charge in [0.05, 0.1) is 18.4 Å². The summed E-state index contributed by atoms with van der Waals surface area (Å²) in [7, 11) is 0. The molecule has 0 saturated heterocycles. The number of hydrogen-bond acceptors (Lipinski definition) is 4. The smallest absolute Gasteiger partial charge is 0.220 e. The van der Waals surface area contributed by atoms with Crippen molar-refractivity contribution in [3.05, 3.63) is 54.7 Å². The first-order valence-corrected chi connectivity index (χ1v) is 8.85. The van der Waals surface area contributed by atoms with Crippen LogP contribution in [0.3, 0.4) is 0 Å². The second kappa shape index (κ2) is 8.38. The summed E-state index contributed by atoms with van der Waals surface area (Å²) in [6.07, 6.45) is 8.67. The lowest BCUT2D eigenvalue weighted by Crippen LogP contribution is -2.27. The Hall–Kier alpha value is -3.02. The van der Waals surface area contributed by atoms with Gasteiger partial charge in [-0.1, -0.05) is 6.92 Å². The van der Waals surface area contributed by atoms with Crippen molar-refractivity contribution in [3.63, 3.8) is 0 Å². The van der Waals surface area contributed by atoms with E-state index in [-0.39, 0.29) is 5.91 Å². The zero-order valence-electron chi connectivity index (χ0n) is 15.1. The van der Waals surface area contributed by atoms with Crippen LogP contribution in [0.5, 0.6) is 0 Å². The van der Waals surface area contributed by atoms with Gasteiger partial charge in [-0.05, 0) is 43.2 Å². The third-order valence-corrected chi connectivity index (χ3v) is 4.14. The summed E-state index contributed by atoms with van der Waals surface area (Å²) in [5.41, 5.74) is 5.04. The summed E-state index contributed by atoms with van der Waals surface area (Å²) in [5.74, 6) is 0.0764. The second-order valence-electron chi connectivity index (χ2n) is 6.15. The Labute approximate surface area is 153 Å². The van der Waals surface area contributed by atoms with Crippen molar-refractivity contribution in [1.82, 2.24) is 25.1 Å². The number of rotatable bonds is 7. The summed E-state index contributed by atoms with van der Waals surface area (Å²) >= 11 is 0. The monoisotopic (exact) mass is 349 g/mol. The molecule has 0 fully saturated rings. The lowest BCUT2D eigenvalue weighted by atomic mass is 10.0. The zero-order valence-corrected chi connectivity index (χ0v) is 15.1. The molecule has 3 rings (SSSR count). The number of hydrogen-bond donors (Lipinski definition) is 1. The molecule has 0 radical (unpaired) electrons. The largest absolute Gasteiger partial charge is 0.354 e. The van der Waals surface area contributed by atoms with Crippen molar-refractivity contribution in [2.45, 2.75) is 33.2 Å². The maximum absolute atomic E-state index is 11.7. The topological polar surface area (TPSA) is 72.7 Å². The standard InChI is InChI=1S/C20H23N5O/c1-3-4-19(26)22-11-12-25-20(17-6-5-15(2)23-13-17)18(14-24-25)16-7-9-21-10-8-16/h5-10,13-14H,3-4,11-12H2,1-2H3,(H,22,26). The average Bonchev–Trinajstić information content (AvgIpc) is 3.07. The van der Waals surface area contributed by atoms with Gasteiger partial charge in [0.1, 0.15) is 0 Å². The minimum absolute atomic E-state index is 0.0764. The number of carbonyl (C=O) groups is 1. The molecule has 0 aromatic carbocycles. The Bertz CT molecular complexity index is 856. The van der Waals surface area contributed by atoms with E-state index >= 15 is 0 Å². The lowest BCUT2D eigenvalue weighted by molar-refractivity contribution is -0.121. The van der Waals surface area contributed by atoms with E-state index in [4.69, 9.17) is 0 Å². The van der Waals surface area contributed by atoms with Gasteiger partial charge >= 0.3 is 0 Å². The molecule has 0 saturated carbocycles. The summed E-state index contributed by atoms with van der Waals surface area (Å²) < 4.78 is 1.92. The van der Waals surface area contributed by atoms with E-state index in [2.05, 4.69) is 26.4 Å². The van der Waals surface area contributed by atoms with Crippen molar-refractivity contribution in [2.75, 3.05) is 6.54 Å². The van der Waals surface area contributed by atoms with Crippen molar-refractivity contribution in [2.24, 2.45) is 0 Å². The molecule has 0 aliphatic carbocycles. The van der Waals surface area contributed by atoms with Crippen LogP contribution in [0.2, 0.25) is 0 Å². The number of aromatic nitrogens is 4. The van der Waals surface area contributed by atoms with Gasteiger partial charge in [-0.15, -0.1) is 0 Å². The highest BCUT2D eigenvalue weighted by molar-refractivity contribution is 5.80. The Morgan fingerprint density at radius 1 is 1.12 bits per heavy atom. The zero-order chi connectivity index (χ0) is 18.4. The fourth-order valence-electron chi connectivity index (χ4n) is 2.83. The molecule has 0 unspecified atom stereocenters. The molecule has 3 aromatic heterocycles. The number of nitrogens with zero attached hydrogens (tertiary/aromatic N) is 4. The Balaban J connectivity index is 1.90. The van der Waals surface area contributed by atoms with Gasteiger partial charge in [-0.3, -0.25) is 19.4 Å². The summed E-state index contributed by atoms with van der Waals surface area (Å²) in [6.45, 7) is 5.11. The van der Waals surface area contributed by atoms with Gasteiger partial charge in [-0.25, -0.2) is 0 Å².